The van der Waals surface area contributed by atoms with Gasteiger partial charge in [0.05, 0.1) is 22.9 Å². The maximum absolute atomic E-state index is 14.3. The van der Waals surface area contributed by atoms with Gasteiger partial charge in [-0.15, -0.1) is 0 Å². The van der Waals surface area contributed by atoms with E-state index in [1.807, 2.05) is 0 Å². The highest BCUT2D eigenvalue weighted by atomic mass is 35.5. The summed E-state index contributed by atoms with van der Waals surface area (Å²) in [6.07, 6.45) is 0. The molecule has 2 amide bonds. The van der Waals surface area contributed by atoms with Crippen molar-refractivity contribution in [2.45, 2.75) is 0 Å². The van der Waals surface area contributed by atoms with Gasteiger partial charge < -0.3 is 19.7 Å². The minimum Gasteiger partial charge on any atom is -0.492 e. The molecular weight excluding hydrogens is 410 g/mol. The van der Waals surface area contributed by atoms with Crippen LogP contribution in [-0.4, -0.2) is 43.0 Å². The second-order valence-electron chi connectivity index (χ2n) is 6.60. The van der Waals surface area contributed by atoms with Crippen molar-refractivity contribution in [3.63, 3.8) is 0 Å². The third-order valence-corrected chi connectivity index (χ3v) is 5.37. The maximum atomic E-state index is 14.3. The molecule has 0 radical (unpaired) electrons. The van der Waals surface area contributed by atoms with E-state index in [1.165, 1.54) is 11.0 Å². The summed E-state index contributed by atoms with van der Waals surface area (Å²) in [7, 11) is 0. The zero-order valence-corrected chi connectivity index (χ0v) is 16.0. The first-order chi connectivity index (χ1) is 13.4. The van der Waals surface area contributed by atoms with Gasteiger partial charge in [-0.3, -0.25) is 9.59 Å². The predicted octanol–water partition coefficient (Wildman–Crippen LogP) is 3.61. The summed E-state index contributed by atoms with van der Waals surface area (Å²) < 4.78 is 25.1. The van der Waals surface area contributed by atoms with E-state index in [9.17, 15) is 14.0 Å². The number of benzene rings is 2. The number of nitrogens with zero attached hydrogens (tertiary/aromatic N) is 1. The van der Waals surface area contributed by atoms with Crippen molar-refractivity contribution < 1.29 is 23.5 Å². The molecule has 1 fully saturated rings. The number of halogens is 3. The van der Waals surface area contributed by atoms with E-state index < -0.39 is 11.7 Å². The molecule has 28 heavy (non-hydrogen) atoms. The molecule has 1 saturated heterocycles. The first-order valence-electron chi connectivity index (χ1n) is 8.54. The van der Waals surface area contributed by atoms with E-state index in [1.54, 1.807) is 18.2 Å². The molecule has 2 aliphatic heterocycles. The number of fused-ring (bicyclic) bond motifs is 1. The fourth-order valence-corrected chi connectivity index (χ4v) is 3.43. The molecule has 0 aromatic heterocycles. The molecule has 0 atom stereocenters. The SMILES string of the molecule is O=C1COc2cc(F)c(C(=O)N3CC(COc4cccc(Cl)c4Cl)C3)cc2N1. The van der Waals surface area contributed by atoms with Crippen LogP contribution in [0.2, 0.25) is 10.0 Å². The van der Waals surface area contributed by atoms with Crippen LogP contribution >= 0.6 is 23.2 Å². The molecule has 0 saturated carbocycles. The lowest BCUT2D eigenvalue weighted by atomic mass is 9.99. The van der Waals surface area contributed by atoms with Crippen molar-refractivity contribution >= 4 is 40.7 Å². The summed E-state index contributed by atoms with van der Waals surface area (Å²) in [5.74, 6) is -0.694. The van der Waals surface area contributed by atoms with Gasteiger partial charge >= 0.3 is 0 Å². The molecule has 9 heteroatoms. The number of rotatable bonds is 4. The first kappa shape index (κ1) is 18.8. The van der Waals surface area contributed by atoms with Crippen molar-refractivity contribution in [3.05, 3.63) is 51.8 Å². The summed E-state index contributed by atoms with van der Waals surface area (Å²) in [4.78, 5) is 25.5. The molecule has 146 valence electrons. The standard InChI is InChI=1S/C19H15Cl2FN2O4/c20-12-2-1-3-15(18(12)21)27-8-10-6-24(7-10)19(26)11-4-14-16(5-13(11)22)28-9-17(25)23-14/h1-5,10H,6-9H2,(H,23,25). The van der Waals surface area contributed by atoms with E-state index in [4.69, 9.17) is 32.7 Å². The highest BCUT2D eigenvalue weighted by Gasteiger charge is 2.34. The van der Waals surface area contributed by atoms with Crippen LogP contribution in [0.3, 0.4) is 0 Å². The zero-order chi connectivity index (χ0) is 19.8. The zero-order valence-electron chi connectivity index (χ0n) is 14.5. The molecule has 0 spiro atoms. The number of anilines is 1. The molecule has 2 aliphatic rings. The normalized spacial score (nSPS) is 16.0. The van der Waals surface area contributed by atoms with Gasteiger partial charge in [0.15, 0.2) is 6.61 Å². The van der Waals surface area contributed by atoms with Crippen molar-refractivity contribution in [1.82, 2.24) is 4.90 Å². The maximum Gasteiger partial charge on any atom is 0.262 e. The highest BCUT2D eigenvalue weighted by Crippen LogP contribution is 2.34. The Kier molecular flexibility index (Phi) is 5.03. The Morgan fingerprint density at radius 1 is 1.32 bits per heavy atom. The molecule has 0 aliphatic carbocycles. The summed E-state index contributed by atoms with van der Waals surface area (Å²) in [5.41, 5.74) is 0.179. The van der Waals surface area contributed by atoms with Gasteiger partial charge in [-0.2, -0.15) is 0 Å². The number of hydrogen-bond donors (Lipinski definition) is 1. The van der Waals surface area contributed by atoms with Crippen LogP contribution in [0.25, 0.3) is 0 Å². The quantitative estimate of drug-likeness (QED) is 0.813. The predicted molar refractivity (Wildman–Crippen MR) is 102 cm³/mol. The lowest BCUT2D eigenvalue weighted by molar-refractivity contribution is -0.118. The Morgan fingerprint density at radius 3 is 2.89 bits per heavy atom. The lowest BCUT2D eigenvalue weighted by Crippen LogP contribution is -2.52. The number of carbonyl (C=O) groups excluding carboxylic acids is 2. The Labute approximate surface area is 170 Å². The Morgan fingerprint density at radius 2 is 2.11 bits per heavy atom. The Hall–Kier alpha value is -2.51. The van der Waals surface area contributed by atoms with E-state index in [0.29, 0.717) is 35.5 Å². The molecule has 0 bridgehead atoms. The second-order valence-corrected chi connectivity index (χ2v) is 7.39. The number of likely N-dealkylation sites (tertiary alicyclic amines) is 1. The van der Waals surface area contributed by atoms with Gasteiger partial charge in [0.2, 0.25) is 0 Å². The van der Waals surface area contributed by atoms with Crippen molar-refractivity contribution in [2.24, 2.45) is 5.92 Å². The van der Waals surface area contributed by atoms with Gasteiger partial charge in [-0.05, 0) is 18.2 Å². The topological polar surface area (TPSA) is 67.9 Å². The Balaban J connectivity index is 1.37. The number of amides is 2. The number of carbonyl (C=O) groups is 2. The number of hydrogen-bond acceptors (Lipinski definition) is 4. The van der Waals surface area contributed by atoms with E-state index in [0.717, 1.165) is 6.07 Å². The lowest BCUT2D eigenvalue weighted by Gasteiger charge is -2.39. The molecular formula is C19H15Cl2FN2O4. The van der Waals surface area contributed by atoms with Gasteiger partial charge in [0.1, 0.15) is 22.3 Å². The first-order valence-corrected chi connectivity index (χ1v) is 9.30. The van der Waals surface area contributed by atoms with Crippen molar-refractivity contribution in [3.8, 4) is 11.5 Å². The molecule has 2 aromatic rings. The van der Waals surface area contributed by atoms with Gasteiger partial charge in [-0.25, -0.2) is 4.39 Å². The third-order valence-electron chi connectivity index (χ3n) is 4.57. The van der Waals surface area contributed by atoms with Crippen LogP contribution in [0, 0.1) is 11.7 Å². The highest BCUT2D eigenvalue weighted by molar-refractivity contribution is 6.42. The van der Waals surface area contributed by atoms with Crippen LogP contribution in [-0.2, 0) is 4.79 Å². The fraction of sp³-hybridized carbons (Fsp3) is 0.263. The van der Waals surface area contributed by atoms with Gasteiger partial charge in [0, 0.05) is 25.1 Å². The average molecular weight is 425 g/mol. The average Bonchev–Trinajstić information content (AvgIpc) is 2.63. The van der Waals surface area contributed by atoms with Gasteiger partial charge in [0.25, 0.3) is 11.8 Å². The second kappa shape index (κ2) is 7.48. The largest absolute Gasteiger partial charge is 0.492 e. The monoisotopic (exact) mass is 424 g/mol. The summed E-state index contributed by atoms with van der Waals surface area (Å²) in [6.45, 7) is 1.04. The number of ether oxygens (including phenoxy) is 2. The van der Waals surface area contributed by atoms with Crippen LogP contribution in [0.5, 0.6) is 11.5 Å². The van der Waals surface area contributed by atoms with E-state index in [-0.39, 0.29) is 35.4 Å². The molecule has 0 unspecified atom stereocenters. The van der Waals surface area contributed by atoms with Crippen LogP contribution in [0.4, 0.5) is 10.1 Å². The smallest absolute Gasteiger partial charge is 0.262 e. The van der Waals surface area contributed by atoms with Crippen LogP contribution < -0.4 is 14.8 Å². The molecule has 2 heterocycles. The van der Waals surface area contributed by atoms with Crippen molar-refractivity contribution in [2.75, 3.05) is 31.6 Å². The van der Waals surface area contributed by atoms with Crippen LogP contribution in [0.1, 0.15) is 10.4 Å². The molecule has 2 aromatic carbocycles. The van der Waals surface area contributed by atoms with E-state index in [2.05, 4.69) is 5.32 Å². The van der Waals surface area contributed by atoms with Crippen molar-refractivity contribution in [1.29, 1.82) is 0 Å². The Bertz CT molecular complexity index is 963. The molecule has 6 nitrogen and oxygen atoms in total. The van der Waals surface area contributed by atoms with E-state index >= 15 is 0 Å². The minimum atomic E-state index is -0.690. The summed E-state index contributed by atoms with van der Waals surface area (Å²) in [5, 5.41) is 3.32. The van der Waals surface area contributed by atoms with Crippen LogP contribution in [0.15, 0.2) is 30.3 Å². The van der Waals surface area contributed by atoms with Gasteiger partial charge in [-0.1, -0.05) is 29.3 Å². The summed E-state index contributed by atoms with van der Waals surface area (Å²) >= 11 is 12.0. The third kappa shape index (κ3) is 3.59. The minimum absolute atomic E-state index is 0.0997. The molecule has 4 rings (SSSR count). The number of nitrogens with one attached hydrogen (secondary N) is 1. The molecule has 1 N–H and O–H groups in total. The summed E-state index contributed by atoms with van der Waals surface area (Å²) in [6, 6.07) is 7.54. The fourth-order valence-electron chi connectivity index (χ4n) is 3.08.